The summed E-state index contributed by atoms with van der Waals surface area (Å²) in [5.41, 5.74) is 0.501. The predicted octanol–water partition coefficient (Wildman–Crippen LogP) is 1.67. The Bertz CT molecular complexity index is 882. The quantitative estimate of drug-likeness (QED) is 0.416. The molecule has 0 bridgehead atoms. The number of carboxylic acids is 3. The van der Waals surface area contributed by atoms with Gasteiger partial charge in [0.05, 0.1) is 11.3 Å². The minimum absolute atomic E-state index is 0.0585. The molecular weight excluding hydrogens is 410 g/mol. The van der Waals surface area contributed by atoms with E-state index in [9.17, 15) is 24.3 Å². The van der Waals surface area contributed by atoms with Crippen LogP contribution < -0.4 is 4.74 Å². The molecule has 1 heterocycles. The first-order valence-corrected chi connectivity index (χ1v) is 9.03. The van der Waals surface area contributed by atoms with Crippen LogP contribution in [-0.2, 0) is 19.2 Å². The molecule has 1 amide bonds. The minimum atomic E-state index is -1.61. The third kappa shape index (κ3) is 5.08. The van der Waals surface area contributed by atoms with Crippen LogP contribution in [0.5, 0.6) is 5.75 Å². The summed E-state index contributed by atoms with van der Waals surface area (Å²) >= 11 is 5.90. The molecule has 0 aromatic heterocycles. The average molecular weight is 425 g/mol. The first-order chi connectivity index (χ1) is 13.1. The molecule has 0 spiro atoms. The zero-order valence-corrected chi connectivity index (χ0v) is 16.0. The van der Waals surface area contributed by atoms with Gasteiger partial charge in [-0.05, 0) is 30.7 Å². The van der Waals surface area contributed by atoms with Gasteiger partial charge in [0, 0.05) is 0 Å². The van der Waals surface area contributed by atoms with E-state index < -0.39 is 42.4 Å². The highest BCUT2D eigenvalue weighted by Crippen LogP contribution is 2.35. The van der Waals surface area contributed by atoms with E-state index in [4.69, 9.17) is 27.2 Å². The fraction of sp³-hybridized carbons (Fsp3) is 0.235. The maximum Gasteiger partial charge on any atom is 0.344 e. The Labute approximate surface area is 168 Å². The van der Waals surface area contributed by atoms with Gasteiger partial charge in [-0.2, -0.15) is 0 Å². The van der Waals surface area contributed by atoms with Crippen molar-refractivity contribution in [2.75, 3.05) is 0 Å². The Hall–Kier alpha value is -2.92. The number of hydrogen-bond acceptors (Lipinski definition) is 7. The van der Waals surface area contributed by atoms with Crippen LogP contribution in [0.25, 0.3) is 6.08 Å². The number of nitrogens with zero attached hydrogens (tertiary/aromatic N) is 1. The van der Waals surface area contributed by atoms with E-state index in [0.29, 0.717) is 5.56 Å². The first-order valence-electron chi connectivity index (χ1n) is 7.81. The van der Waals surface area contributed by atoms with Crippen molar-refractivity contribution in [2.24, 2.45) is 0 Å². The molecule has 1 aromatic rings. The number of rotatable bonds is 8. The van der Waals surface area contributed by atoms with Crippen molar-refractivity contribution in [1.82, 2.24) is 4.90 Å². The second-order valence-corrected chi connectivity index (χ2v) is 7.35. The Morgan fingerprint density at radius 2 is 1.93 bits per heavy atom. The molecule has 1 aliphatic heterocycles. The molecule has 2 atom stereocenters. The van der Waals surface area contributed by atoms with Gasteiger partial charge in [-0.1, -0.05) is 36.1 Å². The van der Waals surface area contributed by atoms with Crippen molar-refractivity contribution < 1.29 is 39.2 Å². The van der Waals surface area contributed by atoms with Gasteiger partial charge in [0.15, 0.2) is 6.10 Å². The van der Waals surface area contributed by atoms with Crippen LogP contribution in [0.1, 0.15) is 18.9 Å². The Balaban J connectivity index is 2.27. The van der Waals surface area contributed by atoms with Crippen molar-refractivity contribution in [3.05, 3.63) is 34.7 Å². The molecule has 1 aromatic carbocycles. The largest absolute Gasteiger partial charge is 0.481 e. The number of carbonyl (C=O) groups is 4. The maximum atomic E-state index is 12.6. The van der Waals surface area contributed by atoms with Gasteiger partial charge in [0.25, 0.3) is 5.91 Å². The highest BCUT2D eigenvalue weighted by Gasteiger charge is 2.41. The highest BCUT2D eigenvalue weighted by atomic mass is 32.2. The lowest BCUT2D eigenvalue weighted by molar-refractivity contribution is -0.150. The lowest BCUT2D eigenvalue weighted by Gasteiger charge is -2.21. The number of ether oxygens (including phenoxy) is 1. The highest BCUT2D eigenvalue weighted by molar-refractivity contribution is 8.26. The summed E-state index contributed by atoms with van der Waals surface area (Å²) in [5, 5.41) is 27.0. The van der Waals surface area contributed by atoms with Gasteiger partial charge < -0.3 is 20.1 Å². The number of hydrogen-bond donors (Lipinski definition) is 3. The fourth-order valence-electron chi connectivity index (χ4n) is 2.29. The molecule has 28 heavy (non-hydrogen) atoms. The van der Waals surface area contributed by atoms with Crippen molar-refractivity contribution >= 4 is 58.2 Å². The van der Waals surface area contributed by atoms with Crippen LogP contribution in [-0.4, -0.2) is 60.5 Å². The van der Waals surface area contributed by atoms with Gasteiger partial charge in [0.2, 0.25) is 0 Å². The number of benzene rings is 1. The van der Waals surface area contributed by atoms with E-state index in [1.165, 1.54) is 19.1 Å². The number of amides is 1. The molecule has 1 fully saturated rings. The Kier molecular flexibility index (Phi) is 6.75. The summed E-state index contributed by atoms with van der Waals surface area (Å²) in [6, 6.07) is 4.69. The average Bonchev–Trinajstić information content (AvgIpc) is 2.86. The zero-order valence-electron chi connectivity index (χ0n) is 14.4. The molecule has 1 saturated heterocycles. The van der Waals surface area contributed by atoms with Gasteiger partial charge in [-0.15, -0.1) is 0 Å². The van der Waals surface area contributed by atoms with Gasteiger partial charge in [-0.3, -0.25) is 14.5 Å². The zero-order chi connectivity index (χ0) is 21.0. The summed E-state index contributed by atoms with van der Waals surface area (Å²) < 4.78 is 5.21. The van der Waals surface area contributed by atoms with Crippen LogP contribution in [0.3, 0.4) is 0 Å². The Morgan fingerprint density at radius 3 is 2.50 bits per heavy atom. The SMILES string of the molecule is CC(Oc1cccc(/C=C2\SC(=S)N(C(CC(=O)O)C(=O)O)C2=O)c1)C(=O)O. The van der Waals surface area contributed by atoms with E-state index in [-0.39, 0.29) is 15.0 Å². The summed E-state index contributed by atoms with van der Waals surface area (Å²) in [6.07, 6.45) is -0.413. The van der Waals surface area contributed by atoms with E-state index in [0.717, 1.165) is 16.7 Å². The van der Waals surface area contributed by atoms with E-state index in [1.807, 2.05) is 0 Å². The monoisotopic (exact) mass is 425 g/mol. The molecule has 9 nitrogen and oxygen atoms in total. The standard InChI is InChI=1S/C17H15NO8S2/c1-8(15(22)23)26-10-4-2-3-9(5-10)6-12-14(21)18(17(27)28-12)11(16(24)25)7-13(19)20/h2-6,8,11H,7H2,1H3,(H,19,20)(H,22,23)(H,24,25)/b12-6-. The Morgan fingerprint density at radius 1 is 1.25 bits per heavy atom. The lowest BCUT2D eigenvalue weighted by atomic mass is 10.1. The molecule has 148 valence electrons. The maximum absolute atomic E-state index is 12.6. The summed E-state index contributed by atoms with van der Waals surface area (Å²) in [7, 11) is 0. The van der Waals surface area contributed by atoms with Crippen molar-refractivity contribution in [3.8, 4) is 5.75 Å². The molecule has 2 unspecified atom stereocenters. The van der Waals surface area contributed by atoms with Crippen LogP contribution in [0.4, 0.5) is 0 Å². The molecule has 3 N–H and O–H groups in total. The number of thioether (sulfide) groups is 1. The summed E-state index contributed by atoms with van der Waals surface area (Å²) in [4.78, 5) is 46.6. The van der Waals surface area contributed by atoms with E-state index >= 15 is 0 Å². The summed E-state index contributed by atoms with van der Waals surface area (Å²) in [6.45, 7) is 1.37. The molecule has 2 rings (SSSR count). The lowest BCUT2D eigenvalue weighted by Crippen LogP contribution is -2.45. The van der Waals surface area contributed by atoms with Crippen molar-refractivity contribution in [2.45, 2.75) is 25.5 Å². The minimum Gasteiger partial charge on any atom is -0.481 e. The van der Waals surface area contributed by atoms with Crippen LogP contribution in [0.2, 0.25) is 0 Å². The molecular formula is C17H15NO8S2. The predicted molar refractivity (Wildman–Crippen MR) is 103 cm³/mol. The number of carboxylic acid groups (broad SMARTS) is 3. The smallest absolute Gasteiger partial charge is 0.344 e. The van der Waals surface area contributed by atoms with Crippen LogP contribution >= 0.6 is 24.0 Å². The number of thiocarbonyl (C=S) groups is 1. The fourth-order valence-corrected chi connectivity index (χ4v) is 3.64. The number of aliphatic carboxylic acids is 3. The third-order valence-electron chi connectivity index (χ3n) is 3.60. The normalized spacial score (nSPS) is 17.5. The molecule has 1 aliphatic rings. The number of carbonyl (C=O) groups excluding carboxylic acids is 1. The topological polar surface area (TPSA) is 141 Å². The van der Waals surface area contributed by atoms with Gasteiger partial charge in [-0.25, -0.2) is 9.59 Å². The molecule has 0 saturated carbocycles. The molecule has 11 heteroatoms. The third-order valence-corrected chi connectivity index (χ3v) is 4.94. The van der Waals surface area contributed by atoms with E-state index in [1.54, 1.807) is 18.2 Å². The van der Waals surface area contributed by atoms with Gasteiger partial charge in [0.1, 0.15) is 16.1 Å². The van der Waals surface area contributed by atoms with Crippen molar-refractivity contribution in [3.63, 3.8) is 0 Å². The van der Waals surface area contributed by atoms with Crippen LogP contribution in [0, 0.1) is 0 Å². The van der Waals surface area contributed by atoms with Gasteiger partial charge >= 0.3 is 17.9 Å². The van der Waals surface area contributed by atoms with Crippen molar-refractivity contribution in [1.29, 1.82) is 0 Å². The summed E-state index contributed by atoms with van der Waals surface area (Å²) in [5.74, 6) is -4.42. The first kappa shape index (κ1) is 21.4. The molecule has 0 aliphatic carbocycles. The second kappa shape index (κ2) is 8.85. The second-order valence-electron chi connectivity index (χ2n) is 5.67. The molecule has 0 radical (unpaired) electrons. The van der Waals surface area contributed by atoms with Crippen LogP contribution in [0.15, 0.2) is 29.2 Å². The van der Waals surface area contributed by atoms with E-state index in [2.05, 4.69) is 0 Å².